The average molecular weight is 284 g/mol. The van der Waals surface area contributed by atoms with Crippen LogP contribution in [0.15, 0.2) is 5.16 Å². The molecule has 1 fully saturated rings. The summed E-state index contributed by atoms with van der Waals surface area (Å²) in [7, 11) is 0. The van der Waals surface area contributed by atoms with E-state index in [1.807, 2.05) is 13.8 Å². The van der Waals surface area contributed by atoms with Gasteiger partial charge in [-0.05, 0) is 37.1 Å². The maximum absolute atomic E-state index is 11.6. The predicted molar refractivity (Wildman–Crippen MR) is 68.6 cm³/mol. The second kappa shape index (κ2) is 6.00. The van der Waals surface area contributed by atoms with Crippen molar-refractivity contribution < 1.29 is 9.59 Å². The normalized spacial score (nSPS) is 14.5. The molecule has 0 radical (unpaired) electrons. The third kappa shape index (κ3) is 4.19. The van der Waals surface area contributed by atoms with Crippen LogP contribution in [0.25, 0.3) is 0 Å². The molecule has 104 valence electrons. The summed E-state index contributed by atoms with van der Waals surface area (Å²) < 4.78 is 1.73. The molecule has 19 heavy (non-hydrogen) atoms. The minimum Gasteiger partial charge on any atom is -0.336 e. The molecular formula is C10H16N6O2S. The van der Waals surface area contributed by atoms with Gasteiger partial charge in [-0.2, -0.15) is 0 Å². The molecule has 0 saturated heterocycles. The zero-order chi connectivity index (χ0) is 13.8. The van der Waals surface area contributed by atoms with Gasteiger partial charge in [0, 0.05) is 6.04 Å². The molecule has 0 spiro atoms. The highest BCUT2D eigenvalue weighted by molar-refractivity contribution is 7.99. The zero-order valence-corrected chi connectivity index (χ0v) is 11.6. The number of urea groups is 1. The Morgan fingerprint density at radius 3 is 2.84 bits per heavy atom. The molecule has 0 unspecified atom stereocenters. The van der Waals surface area contributed by atoms with Crippen molar-refractivity contribution in [3.63, 3.8) is 0 Å². The largest absolute Gasteiger partial charge is 0.336 e. The molecule has 1 saturated carbocycles. The number of amides is 3. The smallest absolute Gasteiger partial charge is 0.321 e. The summed E-state index contributed by atoms with van der Waals surface area (Å²) in [5.41, 5.74) is 0. The minimum absolute atomic E-state index is 0.0115. The quantitative estimate of drug-likeness (QED) is 0.756. The van der Waals surface area contributed by atoms with Crippen LogP contribution in [-0.4, -0.2) is 43.9 Å². The van der Waals surface area contributed by atoms with Gasteiger partial charge in [0.2, 0.25) is 11.1 Å². The van der Waals surface area contributed by atoms with Crippen LogP contribution in [0.3, 0.4) is 0 Å². The van der Waals surface area contributed by atoms with Crippen molar-refractivity contribution in [3.05, 3.63) is 0 Å². The van der Waals surface area contributed by atoms with Crippen molar-refractivity contribution in [2.75, 3.05) is 5.75 Å². The van der Waals surface area contributed by atoms with Crippen molar-refractivity contribution in [2.24, 2.45) is 0 Å². The van der Waals surface area contributed by atoms with E-state index in [9.17, 15) is 9.59 Å². The van der Waals surface area contributed by atoms with Gasteiger partial charge in [-0.1, -0.05) is 11.8 Å². The van der Waals surface area contributed by atoms with Gasteiger partial charge in [0.05, 0.1) is 11.8 Å². The summed E-state index contributed by atoms with van der Waals surface area (Å²) >= 11 is 1.23. The molecule has 8 nitrogen and oxygen atoms in total. The van der Waals surface area contributed by atoms with E-state index < -0.39 is 6.03 Å². The number of thioether (sulfide) groups is 1. The van der Waals surface area contributed by atoms with E-state index in [1.54, 1.807) is 4.68 Å². The number of rotatable bonds is 5. The Bertz CT molecular complexity index is 470. The molecule has 0 aliphatic heterocycles. The number of imide groups is 1. The van der Waals surface area contributed by atoms with Crippen LogP contribution in [-0.2, 0) is 4.79 Å². The standard InChI is InChI=1S/C10H16N6O2S/c1-6(2)11-9(18)12-8(17)5-19-10-13-14-15-16(10)7-3-4-7/h6-7H,3-5H2,1-2H3,(H2,11,12,17,18). The molecule has 1 heterocycles. The Labute approximate surface area is 114 Å². The molecule has 0 bridgehead atoms. The first-order chi connectivity index (χ1) is 9.06. The van der Waals surface area contributed by atoms with Crippen LogP contribution in [0.4, 0.5) is 4.79 Å². The van der Waals surface area contributed by atoms with E-state index in [0.717, 1.165) is 12.8 Å². The average Bonchev–Trinajstić information content (AvgIpc) is 3.04. The van der Waals surface area contributed by atoms with Crippen molar-refractivity contribution in [1.82, 2.24) is 30.8 Å². The van der Waals surface area contributed by atoms with Gasteiger partial charge in [0.25, 0.3) is 0 Å². The van der Waals surface area contributed by atoms with E-state index in [-0.39, 0.29) is 17.7 Å². The van der Waals surface area contributed by atoms with Gasteiger partial charge < -0.3 is 5.32 Å². The van der Waals surface area contributed by atoms with Gasteiger partial charge in [-0.15, -0.1) is 5.10 Å². The van der Waals surface area contributed by atoms with Crippen molar-refractivity contribution in [2.45, 2.75) is 43.9 Å². The van der Waals surface area contributed by atoms with Gasteiger partial charge in [0.1, 0.15) is 0 Å². The number of hydrogen-bond acceptors (Lipinski definition) is 6. The zero-order valence-electron chi connectivity index (χ0n) is 10.8. The highest BCUT2D eigenvalue weighted by Gasteiger charge is 2.28. The fourth-order valence-corrected chi connectivity index (χ4v) is 2.16. The molecule has 3 amide bonds. The highest BCUT2D eigenvalue weighted by atomic mass is 32.2. The lowest BCUT2D eigenvalue weighted by atomic mass is 10.4. The van der Waals surface area contributed by atoms with Gasteiger partial charge in [-0.3, -0.25) is 10.1 Å². The lowest BCUT2D eigenvalue weighted by molar-refractivity contribution is -0.117. The lowest BCUT2D eigenvalue weighted by Crippen LogP contribution is -2.43. The first-order valence-corrected chi connectivity index (χ1v) is 7.06. The fraction of sp³-hybridized carbons (Fsp3) is 0.700. The van der Waals surface area contributed by atoms with E-state index in [1.165, 1.54) is 11.8 Å². The predicted octanol–water partition coefficient (Wildman–Crippen LogP) is 0.334. The Morgan fingerprint density at radius 1 is 1.47 bits per heavy atom. The molecule has 1 aromatic heterocycles. The van der Waals surface area contributed by atoms with Gasteiger partial charge >= 0.3 is 6.03 Å². The van der Waals surface area contributed by atoms with Crippen molar-refractivity contribution >= 4 is 23.7 Å². The maximum Gasteiger partial charge on any atom is 0.321 e. The molecule has 1 aromatic rings. The van der Waals surface area contributed by atoms with Crippen LogP contribution in [0, 0.1) is 0 Å². The molecule has 2 N–H and O–H groups in total. The third-order valence-corrected chi connectivity index (χ3v) is 3.29. The van der Waals surface area contributed by atoms with Crippen LogP contribution in [0.1, 0.15) is 32.7 Å². The number of nitrogens with zero attached hydrogens (tertiary/aromatic N) is 4. The number of tetrazole rings is 1. The molecule has 0 aromatic carbocycles. The molecule has 1 aliphatic rings. The number of aromatic nitrogens is 4. The first-order valence-electron chi connectivity index (χ1n) is 6.07. The van der Waals surface area contributed by atoms with E-state index in [0.29, 0.717) is 11.2 Å². The Hall–Kier alpha value is -1.64. The lowest BCUT2D eigenvalue weighted by Gasteiger charge is -2.08. The fourth-order valence-electron chi connectivity index (χ4n) is 1.42. The van der Waals surface area contributed by atoms with Crippen molar-refractivity contribution in [3.8, 4) is 0 Å². The number of hydrogen-bond donors (Lipinski definition) is 2. The van der Waals surface area contributed by atoms with Gasteiger partial charge in [-0.25, -0.2) is 9.48 Å². The van der Waals surface area contributed by atoms with Gasteiger partial charge in [0.15, 0.2) is 0 Å². The Kier molecular flexibility index (Phi) is 4.35. The first kappa shape index (κ1) is 13.8. The molecular weight excluding hydrogens is 268 g/mol. The second-order valence-electron chi connectivity index (χ2n) is 4.60. The maximum atomic E-state index is 11.6. The monoisotopic (exact) mass is 284 g/mol. The summed E-state index contributed by atoms with van der Waals surface area (Å²) in [6, 6.07) is -0.130. The highest BCUT2D eigenvalue weighted by Crippen LogP contribution is 2.36. The molecule has 2 rings (SSSR count). The Morgan fingerprint density at radius 2 is 2.21 bits per heavy atom. The summed E-state index contributed by atoms with van der Waals surface area (Å²) in [4.78, 5) is 22.9. The number of carbonyl (C=O) groups is 2. The Balaban J connectivity index is 1.77. The van der Waals surface area contributed by atoms with Crippen LogP contribution < -0.4 is 10.6 Å². The van der Waals surface area contributed by atoms with E-state index >= 15 is 0 Å². The number of nitrogens with one attached hydrogen (secondary N) is 2. The molecule has 0 atom stereocenters. The topological polar surface area (TPSA) is 102 Å². The summed E-state index contributed by atoms with van der Waals surface area (Å²) in [5, 5.41) is 16.8. The van der Waals surface area contributed by atoms with E-state index in [4.69, 9.17) is 0 Å². The summed E-state index contributed by atoms with van der Waals surface area (Å²) in [6.07, 6.45) is 2.14. The van der Waals surface area contributed by atoms with Crippen molar-refractivity contribution in [1.29, 1.82) is 0 Å². The third-order valence-electron chi connectivity index (χ3n) is 2.36. The minimum atomic E-state index is -0.484. The van der Waals surface area contributed by atoms with Crippen LogP contribution >= 0.6 is 11.8 Å². The van der Waals surface area contributed by atoms with Crippen LogP contribution in [0.5, 0.6) is 0 Å². The van der Waals surface area contributed by atoms with Crippen LogP contribution in [0.2, 0.25) is 0 Å². The summed E-state index contributed by atoms with van der Waals surface area (Å²) in [6.45, 7) is 3.64. The summed E-state index contributed by atoms with van der Waals surface area (Å²) in [5.74, 6) is -0.257. The number of carbonyl (C=O) groups excluding carboxylic acids is 2. The SMILES string of the molecule is CC(C)NC(=O)NC(=O)CSc1nnnn1C1CC1. The second-order valence-corrected chi connectivity index (χ2v) is 5.54. The van der Waals surface area contributed by atoms with E-state index in [2.05, 4.69) is 26.2 Å². The molecule has 9 heteroatoms. The molecule has 1 aliphatic carbocycles.